The van der Waals surface area contributed by atoms with Crippen LogP contribution in [0, 0.1) is 44.3 Å². The Hall–Kier alpha value is -6.66. The SMILES string of the molecule is CC(C)(C)OC(=O)C[C@H](CN)C(C)(C)C.CC(C)(C)OC(=O)C[C@H](CNC(=O)C(C)(C)CC(=O)OCc1ccccc1)C(C)(C)C.CC(C)(CC(=O)OCc1ccccc1)C(=O)NC[C@@H](N)C(C)(C)C.CC(C)(CC(=O)OCc1ccccc1)C(=O)O. The zero-order chi connectivity index (χ0) is 67.4. The smallest absolute Gasteiger partial charge is 0.309 e. The quantitative estimate of drug-likeness (QED) is 0.0412. The second-order valence-electron chi connectivity index (χ2n) is 29.3. The topological polar surface area (TPSA) is 279 Å². The molecule has 87 heavy (non-hydrogen) atoms. The van der Waals surface area contributed by atoms with Gasteiger partial charge in [0.15, 0.2) is 0 Å². The fraction of sp³-hybridized carbons (Fsp3) is 0.623. The molecule has 0 radical (unpaired) electrons. The number of amides is 2. The van der Waals surface area contributed by atoms with E-state index in [1.165, 1.54) is 13.8 Å². The van der Waals surface area contributed by atoms with Crippen molar-refractivity contribution in [2.75, 3.05) is 19.6 Å². The number of ether oxygens (including phenoxy) is 5. The number of hydrogen-bond acceptors (Lipinski definition) is 15. The molecule has 18 heteroatoms. The third-order valence-corrected chi connectivity index (χ3v) is 13.8. The van der Waals surface area contributed by atoms with Gasteiger partial charge in [0, 0.05) is 19.1 Å². The molecule has 0 heterocycles. The highest BCUT2D eigenvalue weighted by molar-refractivity contribution is 5.87. The van der Waals surface area contributed by atoms with Crippen molar-refractivity contribution in [3.8, 4) is 0 Å². The Balaban J connectivity index is 0.00000118. The van der Waals surface area contributed by atoms with Gasteiger partial charge in [0.05, 0.1) is 48.3 Å². The van der Waals surface area contributed by atoms with Crippen LogP contribution >= 0.6 is 0 Å². The van der Waals surface area contributed by atoms with Crippen molar-refractivity contribution in [2.45, 2.75) is 215 Å². The molecular formula is C69H110N4O14. The first-order chi connectivity index (χ1) is 39.6. The number of carboxylic acids is 1. The van der Waals surface area contributed by atoms with E-state index >= 15 is 0 Å². The summed E-state index contributed by atoms with van der Waals surface area (Å²) in [4.78, 5) is 95.5. The van der Waals surface area contributed by atoms with E-state index < -0.39 is 45.4 Å². The zero-order valence-electron chi connectivity index (χ0n) is 56.6. The van der Waals surface area contributed by atoms with Crippen LogP contribution in [0.25, 0.3) is 0 Å². The number of carboxylic acid groups (broad SMARTS) is 1. The highest BCUT2D eigenvalue weighted by atomic mass is 16.6. The minimum Gasteiger partial charge on any atom is -0.481 e. The second kappa shape index (κ2) is 36.0. The van der Waals surface area contributed by atoms with Crippen LogP contribution in [0.15, 0.2) is 91.0 Å². The Morgan fingerprint density at radius 3 is 0.966 bits per heavy atom. The van der Waals surface area contributed by atoms with Crippen LogP contribution < -0.4 is 22.1 Å². The highest BCUT2D eigenvalue weighted by Gasteiger charge is 2.36. The Morgan fingerprint density at radius 1 is 0.414 bits per heavy atom. The summed E-state index contributed by atoms with van der Waals surface area (Å²) in [5, 5.41) is 14.6. The van der Waals surface area contributed by atoms with Gasteiger partial charge in [-0.15, -0.1) is 0 Å². The zero-order valence-corrected chi connectivity index (χ0v) is 56.6. The third kappa shape index (κ3) is 36.9. The monoisotopic (exact) mass is 1220 g/mol. The number of carbonyl (C=O) groups excluding carboxylic acids is 7. The Morgan fingerprint density at radius 2 is 0.701 bits per heavy atom. The summed E-state index contributed by atoms with van der Waals surface area (Å²) in [5.74, 6) is -3.14. The molecule has 2 amide bonds. The molecule has 0 unspecified atom stereocenters. The maximum atomic E-state index is 12.8. The molecule has 0 bridgehead atoms. The molecule has 3 atom stereocenters. The molecule has 3 rings (SSSR count). The highest BCUT2D eigenvalue weighted by Crippen LogP contribution is 2.31. The molecule has 0 saturated heterocycles. The molecule has 0 saturated carbocycles. The van der Waals surface area contributed by atoms with E-state index in [0.717, 1.165) is 16.7 Å². The van der Waals surface area contributed by atoms with E-state index in [0.29, 0.717) is 26.1 Å². The van der Waals surface area contributed by atoms with E-state index in [-0.39, 0.29) is 109 Å². The molecule has 490 valence electrons. The molecule has 0 aliphatic rings. The summed E-state index contributed by atoms with van der Waals surface area (Å²) in [7, 11) is 0. The van der Waals surface area contributed by atoms with E-state index in [1.54, 1.807) is 27.7 Å². The van der Waals surface area contributed by atoms with Crippen molar-refractivity contribution < 1.29 is 67.1 Å². The lowest BCUT2D eigenvalue weighted by atomic mass is 9.78. The van der Waals surface area contributed by atoms with Gasteiger partial charge in [-0.1, -0.05) is 181 Å². The lowest BCUT2D eigenvalue weighted by Gasteiger charge is -2.32. The third-order valence-electron chi connectivity index (χ3n) is 13.8. The normalized spacial score (nSPS) is 13.1. The molecule has 0 aromatic heterocycles. The summed E-state index contributed by atoms with van der Waals surface area (Å²) in [6, 6.07) is 28.0. The number of rotatable bonds is 24. The van der Waals surface area contributed by atoms with Crippen molar-refractivity contribution in [2.24, 2.45) is 55.8 Å². The standard InChI is InChI=1S/C25H39NO5.C19H30N2O3.C13H16O4.C12H25NO2/c1-23(2,3)19(14-20(27)31-24(4,5)6)16-26-22(29)25(7,8)15-21(28)30-17-18-12-10-9-11-13-18;1-18(2,3)15(20)12-21-17(23)19(4,5)11-16(22)24-13-14-9-7-6-8-10-14;1-13(2,12(15)16)8-11(14)17-9-10-6-4-3-5-7-10;1-11(2,3)9(8-13)7-10(14)15-12(4,5)6/h9-13,19H,14-17H2,1-8H3,(H,26,29);6-10,15H,11-13,20H2,1-5H3,(H,21,23);3-7H,8-9H2,1-2H3,(H,15,16);9H,7-8,13H2,1-6H3/t19-;15-;;9-/m11.1/s1. The molecule has 0 spiro atoms. The van der Waals surface area contributed by atoms with Gasteiger partial charge in [-0.3, -0.25) is 38.4 Å². The van der Waals surface area contributed by atoms with Gasteiger partial charge in [-0.2, -0.15) is 0 Å². The molecule has 0 aliphatic carbocycles. The average molecular weight is 1220 g/mol. The fourth-order valence-electron chi connectivity index (χ4n) is 7.49. The van der Waals surface area contributed by atoms with Gasteiger partial charge in [-0.25, -0.2) is 0 Å². The first-order valence-electron chi connectivity index (χ1n) is 29.9. The maximum absolute atomic E-state index is 12.8. The Kier molecular flexibility index (Phi) is 33.2. The van der Waals surface area contributed by atoms with E-state index in [2.05, 4.69) is 31.4 Å². The predicted octanol–water partition coefficient (Wildman–Crippen LogP) is 11.9. The van der Waals surface area contributed by atoms with Gasteiger partial charge in [0.25, 0.3) is 0 Å². The van der Waals surface area contributed by atoms with Gasteiger partial charge in [0.1, 0.15) is 31.0 Å². The molecule has 3 aromatic rings. The fourth-order valence-corrected chi connectivity index (χ4v) is 7.49. The lowest BCUT2D eigenvalue weighted by molar-refractivity contribution is -0.158. The molecule has 18 nitrogen and oxygen atoms in total. The largest absolute Gasteiger partial charge is 0.481 e. The van der Waals surface area contributed by atoms with Crippen LogP contribution in [0.2, 0.25) is 0 Å². The van der Waals surface area contributed by atoms with Crippen LogP contribution in [0.5, 0.6) is 0 Å². The van der Waals surface area contributed by atoms with Crippen molar-refractivity contribution >= 4 is 47.6 Å². The summed E-state index contributed by atoms with van der Waals surface area (Å²) in [5.41, 5.74) is 10.3. The average Bonchev–Trinajstić information content (AvgIpc) is 3.46. The van der Waals surface area contributed by atoms with E-state index in [9.17, 15) is 38.4 Å². The first-order valence-corrected chi connectivity index (χ1v) is 29.9. The van der Waals surface area contributed by atoms with Crippen LogP contribution in [0.4, 0.5) is 0 Å². The van der Waals surface area contributed by atoms with Crippen LogP contribution in [0.1, 0.15) is 194 Å². The maximum Gasteiger partial charge on any atom is 0.309 e. The summed E-state index contributed by atoms with van der Waals surface area (Å²) < 4.78 is 26.3. The summed E-state index contributed by atoms with van der Waals surface area (Å²) in [6.45, 7) is 41.2. The van der Waals surface area contributed by atoms with E-state index in [4.69, 9.17) is 40.3 Å². The molecule has 7 N–H and O–H groups in total. The number of hydrogen-bond donors (Lipinski definition) is 5. The second-order valence-corrected chi connectivity index (χ2v) is 29.3. The molecular weight excluding hydrogens is 1110 g/mol. The van der Waals surface area contributed by atoms with Crippen molar-refractivity contribution in [1.29, 1.82) is 0 Å². The first kappa shape index (κ1) is 80.3. The van der Waals surface area contributed by atoms with Gasteiger partial charge < -0.3 is 50.9 Å². The van der Waals surface area contributed by atoms with Crippen molar-refractivity contribution in [1.82, 2.24) is 10.6 Å². The predicted molar refractivity (Wildman–Crippen MR) is 341 cm³/mol. The number of carbonyl (C=O) groups is 8. The van der Waals surface area contributed by atoms with Crippen molar-refractivity contribution in [3.63, 3.8) is 0 Å². The van der Waals surface area contributed by atoms with Gasteiger partial charge in [0.2, 0.25) is 11.8 Å². The van der Waals surface area contributed by atoms with Crippen LogP contribution in [0.3, 0.4) is 0 Å². The number of esters is 5. The number of nitrogens with two attached hydrogens (primary N) is 2. The van der Waals surface area contributed by atoms with Gasteiger partial charge >= 0.3 is 35.8 Å². The van der Waals surface area contributed by atoms with Crippen LogP contribution in [-0.2, 0) is 81.9 Å². The minimum absolute atomic E-state index is 0.0242. The minimum atomic E-state index is -1.09. The van der Waals surface area contributed by atoms with E-state index in [1.807, 2.05) is 174 Å². The van der Waals surface area contributed by atoms with Crippen LogP contribution in [-0.4, -0.2) is 89.6 Å². The number of benzene rings is 3. The van der Waals surface area contributed by atoms with Crippen molar-refractivity contribution in [3.05, 3.63) is 108 Å². The molecule has 0 aliphatic heterocycles. The lowest BCUT2D eigenvalue weighted by Crippen LogP contribution is -2.48. The Bertz CT molecular complexity index is 2580. The van der Waals surface area contributed by atoms with Gasteiger partial charge in [-0.05, 0) is 107 Å². The number of nitrogens with one attached hydrogen (secondary N) is 2. The molecule has 0 fully saturated rings. The summed E-state index contributed by atoms with van der Waals surface area (Å²) >= 11 is 0. The summed E-state index contributed by atoms with van der Waals surface area (Å²) in [6.07, 6.45) is 0.474. The molecule has 3 aromatic carbocycles. The number of aliphatic carboxylic acids is 1. The Labute approximate surface area is 521 Å².